The highest BCUT2D eigenvalue weighted by Gasteiger charge is 2.32. The molecule has 2 aliphatic rings. The molecule has 2 fully saturated rings. The summed E-state index contributed by atoms with van der Waals surface area (Å²) in [7, 11) is 0. The first kappa shape index (κ1) is 8.55. The molecule has 1 N–H and O–H groups in total. The average Bonchev–Trinajstić information content (AvgIpc) is 2.02. The van der Waals surface area contributed by atoms with Crippen molar-refractivity contribution < 1.29 is 0 Å². The number of hydrogen-bond donors (Lipinski definition) is 1. The van der Waals surface area contributed by atoms with Gasteiger partial charge in [-0.2, -0.15) is 0 Å². The second kappa shape index (κ2) is 3.37. The predicted octanol–water partition coefficient (Wildman–Crippen LogP) is 2.56. The highest BCUT2D eigenvalue weighted by molar-refractivity contribution is 4.91. The van der Waals surface area contributed by atoms with Gasteiger partial charge in [0.05, 0.1) is 0 Å². The number of nitrogens with one attached hydrogen (secondary N) is 1. The second-order valence-electron chi connectivity index (χ2n) is 4.88. The molecule has 2 bridgehead atoms. The van der Waals surface area contributed by atoms with Gasteiger partial charge in [0.1, 0.15) is 0 Å². The van der Waals surface area contributed by atoms with E-state index in [9.17, 15) is 0 Å². The standard InChI is InChI=1S/C11H21N/c1-3-9-6-10-4-8(2)5-11(7-9)12-10/h8-12H,3-7H2,1-2H3. The molecule has 2 aliphatic heterocycles. The van der Waals surface area contributed by atoms with Crippen molar-refractivity contribution >= 4 is 0 Å². The largest absolute Gasteiger partial charge is 0.311 e. The third-order valence-corrected chi connectivity index (χ3v) is 3.66. The molecule has 2 heterocycles. The molecule has 0 aromatic rings. The van der Waals surface area contributed by atoms with Crippen LogP contribution in [0.2, 0.25) is 0 Å². The summed E-state index contributed by atoms with van der Waals surface area (Å²) >= 11 is 0. The van der Waals surface area contributed by atoms with E-state index < -0.39 is 0 Å². The van der Waals surface area contributed by atoms with E-state index in [1.807, 2.05) is 0 Å². The van der Waals surface area contributed by atoms with E-state index >= 15 is 0 Å². The molecule has 0 radical (unpaired) electrons. The van der Waals surface area contributed by atoms with Crippen molar-refractivity contribution in [1.29, 1.82) is 0 Å². The highest BCUT2D eigenvalue weighted by Crippen LogP contribution is 2.33. The molecule has 1 nitrogen and oxygen atoms in total. The molecule has 0 aliphatic carbocycles. The van der Waals surface area contributed by atoms with E-state index in [0.717, 1.165) is 23.9 Å². The van der Waals surface area contributed by atoms with Crippen LogP contribution in [0, 0.1) is 11.8 Å². The Balaban J connectivity index is 1.96. The van der Waals surface area contributed by atoms with Gasteiger partial charge in [0.15, 0.2) is 0 Å². The Morgan fingerprint density at radius 3 is 2.17 bits per heavy atom. The molecular weight excluding hydrogens is 146 g/mol. The highest BCUT2D eigenvalue weighted by atomic mass is 15.0. The molecule has 0 saturated carbocycles. The van der Waals surface area contributed by atoms with E-state index in [4.69, 9.17) is 0 Å². The summed E-state index contributed by atoms with van der Waals surface area (Å²) in [5, 5.41) is 3.75. The molecule has 2 rings (SSSR count). The van der Waals surface area contributed by atoms with Crippen LogP contribution in [0.4, 0.5) is 0 Å². The minimum absolute atomic E-state index is 0.859. The predicted molar refractivity (Wildman–Crippen MR) is 52.1 cm³/mol. The minimum atomic E-state index is 0.859. The number of hydrogen-bond acceptors (Lipinski definition) is 1. The molecule has 70 valence electrons. The van der Waals surface area contributed by atoms with Gasteiger partial charge in [-0.05, 0) is 37.5 Å². The zero-order chi connectivity index (χ0) is 8.55. The van der Waals surface area contributed by atoms with Crippen LogP contribution in [0.15, 0.2) is 0 Å². The van der Waals surface area contributed by atoms with Crippen molar-refractivity contribution in [2.75, 3.05) is 0 Å². The monoisotopic (exact) mass is 167 g/mol. The molecule has 2 unspecified atom stereocenters. The van der Waals surface area contributed by atoms with Gasteiger partial charge in [-0.1, -0.05) is 20.3 Å². The van der Waals surface area contributed by atoms with E-state index in [1.165, 1.54) is 32.1 Å². The van der Waals surface area contributed by atoms with Gasteiger partial charge in [0.2, 0.25) is 0 Å². The van der Waals surface area contributed by atoms with Crippen molar-refractivity contribution in [2.45, 2.75) is 58.0 Å². The first-order chi connectivity index (χ1) is 5.78. The third kappa shape index (κ3) is 1.66. The lowest BCUT2D eigenvalue weighted by molar-refractivity contribution is 0.149. The van der Waals surface area contributed by atoms with Crippen molar-refractivity contribution in [3.63, 3.8) is 0 Å². The van der Waals surface area contributed by atoms with Crippen LogP contribution in [-0.2, 0) is 0 Å². The summed E-state index contributed by atoms with van der Waals surface area (Å²) in [6, 6.07) is 1.72. The molecule has 0 amide bonds. The molecule has 1 heteroatoms. The summed E-state index contributed by atoms with van der Waals surface area (Å²) in [5.41, 5.74) is 0. The number of fused-ring (bicyclic) bond motifs is 2. The Labute approximate surface area is 75.9 Å². The maximum Gasteiger partial charge on any atom is 0.00748 e. The van der Waals surface area contributed by atoms with Crippen molar-refractivity contribution in [3.8, 4) is 0 Å². The summed E-state index contributed by atoms with van der Waals surface area (Å²) in [5.74, 6) is 1.99. The van der Waals surface area contributed by atoms with Crippen LogP contribution >= 0.6 is 0 Å². The molecule has 12 heavy (non-hydrogen) atoms. The quantitative estimate of drug-likeness (QED) is 0.633. The average molecular weight is 167 g/mol. The maximum absolute atomic E-state index is 3.75. The molecule has 2 atom stereocenters. The van der Waals surface area contributed by atoms with Gasteiger partial charge in [-0.15, -0.1) is 0 Å². The smallest absolute Gasteiger partial charge is 0.00748 e. The van der Waals surface area contributed by atoms with E-state index in [-0.39, 0.29) is 0 Å². The van der Waals surface area contributed by atoms with E-state index in [2.05, 4.69) is 19.2 Å². The Hall–Kier alpha value is -0.0400. The molecule has 2 saturated heterocycles. The van der Waals surface area contributed by atoms with Gasteiger partial charge < -0.3 is 5.32 Å². The van der Waals surface area contributed by atoms with Gasteiger partial charge >= 0.3 is 0 Å². The van der Waals surface area contributed by atoms with Crippen molar-refractivity contribution in [1.82, 2.24) is 5.32 Å². The lowest BCUT2D eigenvalue weighted by atomic mass is 9.75. The van der Waals surface area contributed by atoms with Crippen LogP contribution in [0.1, 0.15) is 46.0 Å². The van der Waals surface area contributed by atoms with Crippen LogP contribution in [0.5, 0.6) is 0 Å². The first-order valence-corrected chi connectivity index (χ1v) is 5.54. The van der Waals surface area contributed by atoms with Gasteiger partial charge in [-0.25, -0.2) is 0 Å². The molecule has 0 spiro atoms. The fraction of sp³-hybridized carbons (Fsp3) is 1.00. The van der Waals surface area contributed by atoms with Crippen LogP contribution < -0.4 is 5.32 Å². The van der Waals surface area contributed by atoms with E-state index in [1.54, 1.807) is 0 Å². The second-order valence-corrected chi connectivity index (χ2v) is 4.88. The van der Waals surface area contributed by atoms with Crippen molar-refractivity contribution in [2.24, 2.45) is 11.8 Å². The normalized spacial score (nSPS) is 47.5. The number of rotatable bonds is 1. The maximum atomic E-state index is 3.75. The van der Waals surface area contributed by atoms with Crippen LogP contribution in [-0.4, -0.2) is 12.1 Å². The van der Waals surface area contributed by atoms with Crippen LogP contribution in [0.3, 0.4) is 0 Å². The summed E-state index contributed by atoms with van der Waals surface area (Å²) in [6.45, 7) is 4.75. The van der Waals surface area contributed by atoms with Crippen LogP contribution in [0.25, 0.3) is 0 Å². The lowest BCUT2D eigenvalue weighted by Gasteiger charge is -2.42. The molecule has 0 aromatic carbocycles. The van der Waals surface area contributed by atoms with Crippen molar-refractivity contribution in [3.05, 3.63) is 0 Å². The fourth-order valence-corrected chi connectivity index (χ4v) is 3.10. The van der Waals surface area contributed by atoms with Gasteiger partial charge in [0.25, 0.3) is 0 Å². The Morgan fingerprint density at radius 1 is 1.08 bits per heavy atom. The molecule has 0 aromatic heterocycles. The Bertz CT molecular complexity index is 137. The number of piperidine rings is 2. The lowest BCUT2D eigenvalue weighted by Crippen LogP contribution is -2.50. The molecular formula is C11H21N. The first-order valence-electron chi connectivity index (χ1n) is 5.54. The zero-order valence-corrected chi connectivity index (χ0v) is 8.34. The Morgan fingerprint density at radius 2 is 1.67 bits per heavy atom. The topological polar surface area (TPSA) is 12.0 Å². The third-order valence-electron chi connectivity index (χ3n) is 3.66. The fourth-order valence-electron chi connectivity index (χ4n) is 3.10. The van der Waals surface area contributed by atoms with Gasteiger partial charge in [-0.3, -0.25) is 0 Å². The zero-order valence-electron chi connectivity index (χ0n) is 8.34. The summed E-state index contributed by atoms with van der Waals surface area (Å²) in [4.78, 5) is 0. The summed E-state index contributed by atoms with van der Waals surface area (Å²) in [6.07, 6.45) is 7.12. The van der Waals surface area contributed by atoms with Gasteiger partial charge in [0, 0.05) is 12.1 Å². The Kier molecular flexibility index (Phi) is 2.40. The van der Waals surface area contributed by atoms with E-state index in [0.29, 0.717) is 0 Å². The summed E-state index contributed by atoms with van der Waals surface area (Å²) < 4.78 is 0. The SMILES string of the molecule is CCC1CC2CC(C)CC(C1)N2. The minimum Gasteiger partial charge on any atom is -0.311 e.